The van der Waals surface area contributed by atoms with Gasteiger partial charge in [-0.3, -0.25) is 14.9 Å². The SMILES string of the molecule is Cl.O=C(CC1COCCN1)NCCNS(=O)(=O)c1ccccc1[N+](=O)[O-]. The number of para-hydroxylation sites is 1. The van der Waals surface area contributed by atoms with Crippen LogP contribution >= 0.6 is 12.4 Å². The number of nitrogens with zero attached hydrogens (tertiary/aromatic N) is 1. The molecule has 1 saturated heterocycles. The van der Waals surface area contributed by atoms with Crippen molar-refractivity contribution in [2.75, 3.05) is 32.8 Å². The minimum atomic E-state index is -4.04. The number of rotatable bonds is 8. The molecule has 0 aliphatic carbocycles. The summed E-state index contributed by atoms with van der Waals surface area (Å²) < 4.78 is 31.8. The highest BCUT2D eigenvalue weighted by molar-refractivity contribution is 7.89. The van der Waals surface area contributed by atoms with Crippen LogP contribution in [0, 0.1) is 10.1 Å². The largest absolute Gasteiger partial charge is 0.378 e. The van der Waals surface area contributed by atoms with E-state index < -0.39 is 25.5 Å². The number of morpholine rings is 1. The van der Waals surface area contributed by atoms with E-state index in [1.54, 1.807) is 0 Å². The summed E-state index contributed by atoms with van der Waals surface area (Å²) in [6.45, 7) is 1.76. The Morgan fingerprint density at radius 3 is 2.73 bits per heavy atom. The van der Waals surface area contributed by atoms with Gasteiger partial charge in [-0.2, -0.15) is 0 Å². The van der Waals surface area contributed by atoms with E-state index >= 15 is 0 Å². The first-order valence-corrected chi connectivity index (χ1v) is 9.19. The second-order valence-electron chi connectivity index (χ2n) is 5.40. The molecule has 10 nitrogen and oxygen atoms in total. The molecule has 1 fully saturated rings. The van der Waals surface area contributed by atoms with Crippen LogP contribution in [-0.4, -0.2) is 58.1 Å². The molecule has 1 unspecified atom stereocenters. The normalized spacial score (nSPS) is 17.2. The quantitative estimate of drug-likeness (QED) is 0.307. The van der Waals surface area contributed by atoms with Gasteiger partial charge in [0.15, 0.2) is 4.90 Å². The van der Waals surface area contributed by atoms with Gasteiger partial charge in [-0.25, -0.2) is 13.1 Å². The molecule has 1 aliphatic heterocycles. The van der Waals surface area contributed by atoms with Crippen molar-refractivity contribution in [3.8, 4) is 0 Å². The third-order valence-electron chi connectivity index (χ3n) is 3.52. The zero-order valence-corrected chi connectivity index (χ0v) is 15.5. The molecular formula is C14H21ClN4O6S. The smallest absolute Gasteiger partial charge is 0.289 e. The number of halogens is 1. The summed E-state index contributed by atoms with van der Waals surface area (Å²) in [5.41, 5.74) is -0.498. The molecule has 146 valence electrons. The molecule has 26 heavy (non-hydrogen) atoms. The van der Waals surface area contributed by atoms with Gasteiger partial charge in [0.25, 0.3) is 5.69 Å². The minimum Gasteiger partial charge on any atom is -0.378 e. The van der Waals surface area contributed by atoms with E-state index in [0.29, 0.717) is 19.8 Å². The van der Waals surface area contributed by atoms with Gasteiger partial charge in [-0.05, 0) is 6.07 Å². The number of hydrogen-bond acceptors (Lipinski definition) is 7. The first-order chi connectivity index (χ1) is 11.9. The first-order valence-electron chi connectivity index (χ1n) is 7.71. The number of benzene rings is 1. The Kier molecular flexibility index (Phi) is 8.88. The summed E-state index contributed by atoms with van der Waals surface area (Å²) in [4.78, 5) is 21.5. The zero-order valence-electron chi connectivity index (χ0n) is 13.8. The standard InChI is InChI=1S/C14H20N4O6S.ClH/c19-14(9-11-10-24-8-7-15-11)16-5-6-17-25(22,23)13-4-2-1-3-12(13)18(20)21;/h1-4,11,15,17H,5-10H2,(H,16,19);1H. The van der Waals surface area contributed by atoms with Crippen molar-refractivity contribution in [3.05, 3.63) is 34.4 Å². The Bertz CT molecular complexity index is 724. The molecule has 1 aliphatic rings. The molecule has 12 heteroatoms. The molecule has 0 saturated carbocycles. The van der Waals surface area contributed by atoms with Crippen molar-refractivity contribution in [1.82, 2.24) is 15.4 Å². The van der Waals surface area contributed by atoms with Crippen LogP contribution in [0.15, 0.2) is 29.2 Å². The Labute approximate surface area is 157 Å². The molecule has 1 amide bonds. The Hall–Kier alpha value is -1.79. The number of sulfonamides is 1. The number of hydrogen-bond donors (Lipinski definition) is 3. The van der Waals surface area contributed by atoms with Crippen molar-refractivity contribution in [3.63, 3.8) is 0 Å². The van der Waals surface area contributed by atoms with Gasteiger partial charge in [-0.1, -0.05) is 12.1 Å². The van der Waals surface area contributed by atoms with E-state index in [4.69, 9.17) is 4.74 Å². The Morgan fingerprint density at radius 2 is 2.08 bits per heavy atom. The van der Waals surface area contributed by atoms with Crippen LogP contribution in [-0.2, 0) is 19.6 Å². The Morgan fingerprint density at radius 1 is 1.35 bits per heavy atom. The maximum atomic E-state index is 12.2. The van der Waals surface area contributed by atoms with Crippen LogP contribution in [0.4, 0.5) is 5.69 Å². The van der Waals surface area contributed by atoms with Gasteiger partial charge < -0.3 is 15.4 Å². The van der Waals surface area contributed by atoms with E-state index in [2.05, 4.69) is 15.4 Å². The molecule has 0 bridgehead atoms. The lowest BCUT2D eigenvalue weighted by atomic mass is 10.2. The molecule has 2 rings (SSSR count). The monoisotopic (exact) mass is 408 g/mol. The molecule has 1 aromatic carbocycles. The maximum Gasteiger partial charge on any atom is 0.289 e. The predicted octanol–water partition coefficient (Wildman–Crippen LogP) is -0.210. The second kappa shape index (κ2) is 10.4. The van der Waals surface area contributed by atoms with E-state index in [9.17, 15) is 23.3 Å². The fourth-order valence-corrected chi connectivity index (χ4v) is 3.55. The number of nitrogens with one attached hydrogen (secondary N) is 3. The molecular weight excluding hydrogens is 388 g/mol. The number of carbonyl (C=O) groups is 1. The van der Waals surface area contributed by atoms with Crippen LogP contribution in [0.3, 0.4) is 0 Å². The van der Waals surface area contributed by atoms with Crippen molar-refractivity contribution in [2.24, 2.45) is 0 Å². The number of nitro benzene ring substituents is 1. The van der Waals surface area contributed by atoms with E-state index in [-0.39, 0.29) is 43.9 Å². The summed E-state index contributed by atoms with van der Waals surface area (Å²) >= 11 is 0. The molecule has 1 heterocycles. The maximum absolute atomic E-state index is 12.2. The van der Waals surface area contributed by atoms with Gasteiger partial charge in [-0.15, -0.1) is 12.4 Å². The summed E-state index contributed by atoms with van der Waals surface area (Å²) in [5, 5.41) is 16.7. The lowest BCUT2D eigenvalue weighted by Gasteiger charge is -2.23. The minimum absolute atomic E-state index is 0. The molecule has 0 radical (unpaired) electrons. The fourth-order valence-electron chi connectivity index (χ4n) is 2.35. The van der Waals surface area contributed by atoms with Crippen LogP contribution in [0.25, 0.3) is 0 Å². The average Bonchev–Trinajstić information content (AvgIpc) is 2.59. The number of carbonyl (C=O) groups excluding carboxylic acids is 1. The molecule has 3 N–H and O–H groups in total. The van der Waals surface area contributed by atoms with Crippen LogP contribution < -0.4 is 15.4 Å². The van der Waals surface area contributed by atoms with Crippen molar-refractivity contribution >= 4 is 34.0 Å². The molecule has 0 spiro atoms. The number of ether oxygens (including phenoxy) is 1. The molecule has 1 aromatic rings. The summed E-state index contributed by atoms with van der Waals surface area (Å²) in [7, 11) is -4.04. The van der Waals surface area contributed by atoms with Gasteiger partial charge in [0.1, 0.15) is 0 Å². The molecule has 0 aromatic heterocycles. The summed E-state index contributed by atoms with van der Waals surface area (Å²) in [6, 6.07) is 5.02. The highest BCUT2D eigenvalue weighted by Crippen LogP contribution is 2.22. The van der Waals surface area contributed by atoms with Gasteiger partial charge in [0, 0.05) is 38.2 Å². The van der Waals surface area contributed by atoms with E-state index in [0.717, 1.165) is 12.1 Å². The van der Waals surface area contributed by atoms with Crippen LogP contribution in [0.1, 0.15) is 6.42 Å². The average molecular weight is 409 g/mol. The van der Waals surface area contributed by atoms with Gasteiger partial charge in [0.2, 0.25) is 15.9 Å². The Balaban J connectivity index is 0.00000338. The highest BCUT2D eigenvalue weighted by Gasteiger charge is 2.24. The third kappa shape index (κ3) is 6.50. The van der Waals surface area contributed by atoms with E-state index in [1.165, 1.54) is 12.1 Å². The fraction of sp³-hybridized carbons (Fsp3) is 0.500. The van der Waals surface area contributed by atoms with Crippen molar-refractivity contribution in [1.29, 1.82) is 0 Å². The lowest BCUT2D eigenvalue weighted by molar-refractivity contribution is -0.387. The second-order valence-corrected chi connectivity index (χ2v) is 7.14. The molecule has 1 atom stereocenters. The van der Waals surface area contributed by atoms with E-state index in [1.807, 2.05) is 0 Å². The summed E-state index contributed by atoms with van der Waals surface area (Å²) in [6.07, 6.45) is 0.233. The predicted molar refractivity (Wildman–Crippen MR) is 95.8 cm³/mol. The van der Waals surface area contributed by atoms with Crippen LogP contribution in [0.5, 0.6) is 0 Å². The topological polar surface area (TPSA) is 140 Å². The lowest BCUT2D eigenvalue weighted by Crippen LogP contribution is -2.45. The number of nitro groups is 1. The highest BCUT2D eigenvalue weighted by atomic mass is 35.5. The summed E-state index contributed by atoms with van der Waals surface area (Å²) in [5.74, 6) is -0.229. The first kappa shape index (κ1) is 22.3. The number of amides is 1. The van der Waals surface area contributed by atoms with Crippen molar-refractivity contribution in [2.45, 2.75) is 17.4 Å². The zero-order chi connectivity index (χ0) is 18.3. The van der Waals surface area contributed by atoms with Crippen molar-refractivity contribution < 1.29 is 22.9 Å². The third-order valence-corrected chi connectivity index (χ3v) is 5.03. The van der Waals surface area contributed by atoms with Crippen LogP contribution in [0.2, 0.25) is 0 Å². The van der Waals surface area contributed by atoms with Gasteiger partial charge >= 0.3 is 0 Å². The van der Waals surface area contributed by atoms with Gasteiger partial charge in [0.05, 0.1) is 18.1 Å².